The fraction of sp³-hybridized carbons (Fsp3) is 0. The Bertz CT molecular complexity index is 4580. The maximum Gasteiger partial charge on any atom is 0.0973 e. The average molecular weight is 987 g/mol. The molecule has 0 aliphatic carbocycles. The summed E-state index contributed by atoms with van der Waals surface area (Å²) >= 11 is 0. The van der Waals surface area contributed by atoms with Crippen molar-refractivity contribution in [2.45, 2.75) is 0 Å². The zero-order chi connectivity index (χ0) is 51.3. The Hall–Kier alpha value is -10.3. The van der Waals surface area contributed by atoms with E-state index in [1.54, 1.807) is 0 Å². The van der Waals surface area contributed by atoms with Gasteiger partial charge in [-0.3, -0.25) is 0 Å². The minimum Gasteiger partial charge on any atom is -0.244 e. The monoisotopic (exact) mass is 986 g/mol. The Morgan fingerprint density at radius 1 is 0.167 bits per heavy atom. The second kappa shape index (κ2) is 17.7. The molecule has 0 bridgehead atoms. The van der Waals surface area contributed by atoms with Crippen LogP contribution in [-0.4, -0.2) is 9.97 Å². The summed E-state index contributed by atoms with van der Waals surface area (Å²) in [6.45, 7) is 0. The number of hydrogen-bond acceptors (Lipinski definition) is 2. The van der Waals surface area contributed by atoms with Crippen LogP contribution >= 0.6 is 0 Å². The molecule has 2 heteroatoms. The van der Waals surface area contributed by atoms with Crippen LogP contribution < -0.4 is 0 Å². The van der Waals surface area contributed by atoms with Gasteiger partial charge in [0.15, 0.2) is 0 Å². The largest absolute Gasteiger partial charge is 0.244 e. The maximum atomic E-state index is 5.40. The van der Waals surface area contributed by atoms with Gasteiger partial charge in [-0.15, -0.1) is 0 Å². The van der Waals surface area contributed by atoms with Crippen LogP contribution in [0, 0.1) is 0 Å². The van der Waals surface area contributed by atoms with Gasteiger partial charge >= 0.3 is 0 Å². The molecule has 0 N–H and O–H groups in total. The van der Waals surface area contributed by atoms with Crippen LogP contribution in [0.25, 0.3) is 164 Å². The van der Waals surface area contributed by atoms with E-state index < -0.39 is 0 Å². The van der Waals surface area contributed by atoms with Gasteiger partial charge < -0.3 is 0 Å². The van der Waals surface area contributed by atoms with E-state index in [-0.39, 0.29) is 0 Å². The SMILES string of the molecule is c1ccc2c(-c3c4ccccc4c(-c4ccc(-c5nc6ccccc6nc5-c5ccc(-c6c7ccccc7c(-c7c8ccccc8cc8ccccc78)c7ccccc67)cc5)cc4)c4ccccc34)c3ccccc3cc2c1. The van der Waals surface area contributed by atoms with Gasteiger partial charge in [-0.05, 0) is 155 Å². The predicted octanol–water partition coefficient (Wildman–Crippen LogP) is 20.9. The number of aromatic nitrogens is 2. The van der Waals surface area contributed by atoms with Crippen LogP contribution in [0.15, 0.2) is 279 Å². The van der Waals surface area contributed by atoms with Crippen molar-refractivity contribution >= 4 is 97.2 Å². The lowest BCUT2D eigenvalue weighted by Crippen LogP contribution is -1.96. The smallest absolute Gasteiger partial charge is 0.0973 e. The molecule has 0 saturated heterocycles. The predicted molar refractivity (Wildman–Crippen MR) is 332 cm³/mol. The molecule has 0 aliphatic rings. The highest BCUT2D eigenvalue weighted by Crippen LogP contribution is 2.50. The number of hydrogen-bond donors (Lipinski definition) is 0. The quantitative estimate of drug-likeness (QED) is 0.155. The number of benzene rings is 15. The average Bonchev–Trinajstić information content (AvgIpc) is 3.56. The third-order valence-corrected chi connectivity index (χ3v) is 16.4. The van der Waals surface area contributed by atoms with Crippen LogP contribution in [-0.2, 0) is 0 Å². The minimum absolute atomic E-state index is 0.850. The van der Waals surface area contributed by atoms with Crippen LogP contribution in [0.5, 0.6) is 0 Å². The summed E-state index contributed by atoms with van der Waals surface area (Å²) in [7, 11) is 0. The normalized spacial score (nSPS) is 11.8. The Balaban J connectivity index is 0.840. The second-order valence-electron chi connectivity index (χ2n) is 20.6. The van der Waals surface area contributed by atoms with Gasteiger partial charge in [-0.25, -0.2) is 9.97 Å². The first-order valence-electron chi connectivity index (χ1n) is 26.9. The van der Waals surface area contributed by atoms with Gasteiger partial charge in [0.1, 0.15) is 0 Å². The summed E-state index contributed by atoms with van der Waals surface area (Å²) < 4.78 is 0. The molecule has 1 heterocycles. The lowest BCUT2D eigenvalue weighted by molar-refractivity contribution is 1.29. The van der Waals surface area contributed by atoms with Crippen LogP contribution in [0.4, 0.5) is 0 Å². The van der Waals surface area contributed by atoms with Crippen molar-refractivity contribution in [3.05, 3.63) is 279 Å². The Kier molecular flexibility index (Phi) is 9.98. The third kappa shape index (κ3) is 6.83. The summed E-state index contributed by atoms with van der Waals surface area (Å²) in [5, 5.41) is 19.8. The molecule has 1 aromatic heterocycles. The van der Waals surface area contributed by atoms with Crippen molar-refractivity contribution in [1.82, 2.24) is 9.97 Å². The summed E-state index contributed by atoms with van der Waals surface area (Å²) in [6, 6.07) is 102. The molecular formula is C76H46N2. The van der Waals surface area contributed by atoms with Crippen LogP contribution in [0.1, 0.15) is 0 Å². The zero-order valence-corrected chi connectivity index (χ0v) is 42.5. The fourth-order valence-electron chi connectivity index (χ4n) is 13.0. The molecule has 0 atom stereocenters. The van der Waals surface area contributed by atoms with Gasteiger partial charge in [0.05, 0.1) is 22.4 Å². The number of fused-ring (bicyclic) bond motifs is 9. The first-order chi connectivity index (χ1) is 38.7. The van der Waals surface area contributed by atoms with Crippen molar-refractivity contribution in [3.63, 3.8) is 0 Å². The summed E-state index contributed by atoms with van der Waals surface area (Å²) in [5.41, 5.74) is 15.3. The van der Waals surface area contributed by atoms with E-state index in [0.717, 1.165) is 44.7 Å². The number of para-hydroxylation sites is 2. The molecule has 16 aromatic rings. The fourth-order valence-corrected chi connectivity index (χ4v) is 13.0. The highest BCUT2D eigenvalue weighted by molar-refractivity contribution is 6.29. The summed E-state index contributed by atoms with van der Waals surface area (Å²) in [4.78, 5) is 10.8. The lowest BCUT2D eigenvalue weighted by Gasteiger charge is -2.20. The van der Waals surface area contributed by atoms with Gasteiger partial charge in [0.25, 0.3) is 0 Å². The van der Waals surface area contributed by atoms with Gasteiger partial charge in [-0.2, -0.15) is 0 Å². The van der Waals surface area contributed by atoms with Crippen molar-refractivity contribution in [2.24, 2.45) is 0 Å². The minimum atomic E-state index is 0.850. The van der Waals surface area contributed by atoms with E-state index in [0.29, 0.717) is 0 Å². The molecule has 0 unspecified atom stereocenters. The summed E-state index contributed by atoms with van der Waals surface area (Å²) in [6.07, 6.45) is 0. The third-order valence-electron chi connectivity index (χ3n) is 16.4. The van der Waals surface area contributed by atoms with Gasteiger partial charge in [-0.1, -0.05) is 255 Å². The Labute approximate surface area is 450 Å². The Morgan fingerprint density at radius 3 is 0.654 bits per heavy atom. The first kappa shape index (κ1) is 44.1. The Morgan fingerprint density at radius 2 is 0.372 bits per heavy atom. The second-order valence-corrected chi connectivity index (χ2v) is 20.6. The van der Waals surface area contributed by atoms with Gasteiger partial charge in [0, 0.05) is 11.1 Å². The van der Waals surface area contributed by atoms with Crippen molar-refractivity contribution in [1.29, 1.82) is 0 Å². The maximum absolute atomic E-state index is 5.40. The molecule has 360 valence electrons. The topological polar surface area (TPSA) is 25.8 Å². The first-order valence-corrected chi connectivity index (χ1v) is 26.9. The zero-order valence-electron chi connectivity index (χ0n) is 42.5. The van der Waals surface area contributed by atoms with E-state index in [1.165, 1.54) is 120 Å². The van der Waals surface area contributed by atoms with Crippen LogP contribution in [0.2, 0.25) is 0 Å². The molecule has 15 aromatic carbocycles. The van der Waals surface area contributed by atoms with E-state index in [9.17, 15) is 0 Å². The molecule has 0 spiro atoms. The molecule has 0 amide bonds. The molecule has 16 rings (SSSR count). The molecule has 0 radical (unpaired) electrons. The highest BCUT2D eigenvalue weighted by atomic mass is 14.8. The summed E-state index contributed by atoms with van der Waals surface area (Å²) in [5.74, 6) is 0. The standard InChI is InChI=1S/C76H46N2/c1-5-23-55-51(19-1)45-52-20-2-6-24-56(52)71(55)73-63-31-13-9-27-59(63)69(60-28-10-14-32-64(60)73)47-37-41-49(42-38-47)75-76(78-68-36-18-17-35-67(68)77-75)50-43-39-48(40-44-50)70-61-29-11-15-33-65(61)74(66-34-16-12-30-62(66)70)72-57-25-7-3-21-53(57)46-54-22-4-8-26-58(54)72/h1-46H. The van der Waals surface area contributed by atoms with Crippen molar-refractivity contribution < 1.29 is 0 Å². The van der Waals surface area contributed by atoms with E-state index in [2.05, 4.69) is 267 Å². The molecule has 2 nitrogen and oxygen atoms in total. The van der Waals surface area contributed by atoms with Crippen molar-refractivity contribution in [3.8, 4) is 67.0 Å². The number of nitrogens with zero attached hydrogens (tertiary/aromatic N) is 2. The molecule has 78 heavy (non-hydrogen) atoms. The number of rotatable bonds is 6. The molecule has 0 saturated carbocycles. The highest BCUT2D eigenvalue weighted by Gasteiger charge is 2.23. The molecule has 0 aliphatic heterocycles. The van der Waals surface area contributed by atoms with E-state index in [4.69, 9.17) is 9.97 Å². The molecular weight excluding hydrogens is 941 g/mol. The van der Waals surface area contributed by atoms with Gasteiger partial charge in [0.2, 0.25) is 0 Å². The lowest BCUT2D eigenvalue weighted by atomic mass is 9.83. The van der Waals surface area contributed by atoms with E-state index >= 15 is 0 Å². The molecule has 0 fully saturated rings. The van der Waals surface area contributed by atoms with Crippen molar-refractivity contribution in [2.75, 3.05) is 0 Å². The van der Waals surface area contributed by atoms with Crippen LogP contribution in [0.3, 0.4) is 0 Å². The van der Waals surface area contributed by atoms with E-state index in [1.807, 2.05) is 12.1 Å².